The van der Waals surface area contributed by atoms with E-state index in [1.807, 2.05) is 4.90 Å². The molecule has 6 nitrogen and oxygen atoms in total. The minimum absolute atomic E-state index is 0. The van der Waals surface area contributed by atoms with Crippen LogP contribution in [0, 0.1) is 0 Å². The predicted molar refractivity (Wildman–Crippen MR) is 119 cm³/mol. The molecule has 2 rings (SSSR count). The van der Waals surface area contributed by atoms with Gasteiger partial charge in [-0.3, -0.25) is 9.79 Å². The van der Waals surface area contributed by atoms with Crippen molar-refractivity contribution >= 4 is 47.2 Å². The Labute approximate surface area is 178 Å². The molecule has 0 aliphatic carbocycles. The highest BCUT2D eigenvalue weighted by Gasteiger charge is 2.26. The lowest BCUT2D eigenvalue weighted by Crippen LogP contribution is -2.41. The molecule has 1 aromatic rings. The third kappa shape index (κ3) is 6.68. The number of hydrogen-bond acceptors (Lipinski definition) is 4. The highest BCUT2D eigenvalue weighted by atomic mass is 127. The average molecular weight is 493 g/mol. The third-order valence-corrected chi connectivity index (χ3v) is 5.45. The number of carbonyl (C=O) groups is 1. The average Bonchev–Trinajstić information content (AvgIpc) is 3.24. The smallest absolute Gasteiger partial charge is 0.222 e. The Morgan fingerprint density at radius 1 is 1.42 bits per heavy atom. The number of halogens is 1. The van der Waals surface area contributed by atoms with Crippen LogP contribution in [0.4, 0.5) is 0 Å². The molecule has 1 unspecified atom stereocenters. The SMILES string of the molecule is CCC(CCNC(=NC)NCc1nc(C(C)C)cs1)N1CCCC1=O.I. The molecular formula is C18H32IN5OS. The number of nitrogens with one attached hydrogen (secondary N) is 2. The van der Waals surface area contributed by atoms with Crippen molar-refractivity contribution in [2.24, 2.45) is 4.99 Å². The zero-order valence-corrected chi connectivity index (χ0v) is 19.4. The third-order valence-electron chi connectivity index (χ3n) is 4.58. The standard InChI is InChI=1S/C18H31N5OS.HI/c1-5-14(23-10-6-7-17(23)24)8-9-20-18(19-4)21-11-16-22-15(12-25-16)13(2)3;/h12-14H,5-11H2,1-4H3,(H2,19,20,21);1H. The minimum Gasteiger partial charge on any atom is -0.356 e. The molecule has 0 aromatic carbocycles. The molecule has 8 heteroatoms. The number of hydrogen-bond donors (Lipinski definition) is 2. The van der Waals surface area contributed by atoms with Gasteiger partial charge >= 0.3 is 0 Å². The molecule has 1 aliphatic heterocycles. The van der Waals surface area contributed by atoms with Crippen LogP contribution in [0.2, 0.25) is 0 Å². The fourth-order valence-electron chi connectivity index (χ4n) is 3.04. The van der Waals surface area contributed by atoms with E-state index in [4.69, 9.17) is 0 Å². The maximum Gasteiger partial charge on any atom is 0.222 e. The molecule has 1 atom stereocenters. The molecule has 0 saturated carbocycles. The second kappa shape index (κ2) is 11.7. The van der Waals surface area contributed by atoms with Crippen molar-refractivity contribution < 1.29 is 4.79 Å². The molecule has 0 spiro atoms. The number of rotatable bonds is 8. The maximum atomic E-state index is 11.9. The van der Waals surface area contributed by atoms with Gasteiger partial charge in [0, 0.05) is 38.0 Å². The van der Waals surface area contributed by atoms with Gasteiger partial charge in [-0.05, 0) is 25.2 Å². The Morgan fingerprint density at radius 3 is 2.73 bits per heavy atom. The Bertz CT molecular complexity index is 590. The van der Waals surface area contributed by atoms with Crippen molar-refractivity contribution in [1.29, 1.82) is 0 Å². The summed E-state index contributed by atoms with van der Waals surface area (Å²) < 4.78 is 0. The van der Waals surface area contributed by atoms with Crippen LogP contribution in [0.25, 0.3) is 0 Å². The summed E-state index contributed by atoms with van der Waals surface area (Å²) in [6, 6.07) is 0.327. The number of carbonyl (C=O) groups excluding carboxylic acids is 1. The van der Waals surface area contributed by atoms with Gasteiger partial charge < -0.3 is 15.5 Å². The van der Waals surface area contributed by atoms with Crippen molar-refractivity contribution in [1.82, 2.24) is 20.5 Å². The molecule has 1 amide bonds. The van der Waals surface area contributed by atoms with Crippen molar-refractivity contribution in [2.45, 2.75) is 65.0 Å². The lowest BCUT2D eigenvalue weighted by Gasteiger charge is -2.27. The number of amides is 1. The Hall–Kier alpha value is -0.900. The molecule has 1 fully saturated rings. The first-order valence-corrected chi connectivity index (χ1v) is 10.1. The van der Waals surface area contributed by atoms with E-state index < -0.39 is 0 Å². The summed E-state index contributed by atoms with van der Waals surface area (Å²) >= 11 is 1.68. The summed E-state index contributed by atoms with van der Waals surface area (Å²) in [6.45, 7) is 8.85. The van der Waals surface area contributed by atoms with Crippen molar-refractivity contribution in [3.8, 4) is 0 Å². The molecule has 148 valence electrons. The number of aliphatic imine (C=N–C) groups is 1. The van der Waals surface area contributed by atoms with Crippen LogP contribution in [0.15, 0.2) is 10.4 Å². The van der Waals surface area contributed by atoms with E-state index in [9.17, 15) is 4.79 Å². The lowest BCUT2D eigenvalue weighted by atomic mass is 10.1. The van der Waals surface area contributed by atoms with Crippen molar-refractivity contribution in [3.05, 3.63) is 16.1 Å². The fraction of sp³-hybridized carbons (Fsp3) is 0.722. The maximum absolute atomic E-state index is 11.9. The van der Waals surface area contributed by atoms with E-state index in [1.165, 1.54) is 0 Å². The molecule has 1 aromatic heterocycles. The number of aromatic nitrogens is 1. The summed E-state index contributed by atoms with van der Waals surface area (Å²) in [6.07, 6.45) is 3.64. The van der Waals surface area contributed by atoms with E-state index in [0.717, 1.165) is 49.0 Å². The van der Waals surface area contributed by atoms with Gasteiger partial charge in [-0.2, -0.15) is 0 Å². The molecule has 2 heterocycles. The van der Waals surface area contributed by atoms with Crippen LogP contribution in [0.5, 0.6) is 0 Å². The fourth-order valence-corrected chi connectivity index (χ4v) is 3.94. The topological polar surface area (TPSA) is 69.6 Å². The van der Waals surface area contributed by atoms with E-state index in [1.54, 1.807) is 18.4 Å². The second-order valence-electron chi connectivity index (χ2n) is 6.71. The van der Waals surface area contributed by atoms with E-state index in [0.29, 0.717) is 30.8 Å². The summed E-state index contributed by atoms with van der Waals surface area (Å²) in [4.78, 5) is 22.8. The highest BCUT2D eigenvalue weighted by molar-refractivity contribution is 14.0. The second-order valence-corrected chi connectivity index (χ2v) is 7.66. The van der Waals surface area contributed by atoms with Crippen molar-refractivity contribution in [2.75, 3.05) is 20.1 Å². The summed E-state index contributed by atoms with van der Waals surface area (Å²) in [7, 11) is 1.78. The van der Waals surface area contributed by atoms with Crippen LogP contribution in [-0.2, 0) is 11.3 Å². The van der Waals surface area contributed by atoms with Gasteiger partial charge in [0.2, 0.25) is 5.91 Å². The van der Waals surface area contributed by atoms with Crippen LogP contribution in [-0.4, -0.2) is 47.9 Å². The van der Waals surface area contributed by atoms with Gasteiger partial charge in [-0.1, -0.05) is 20.8 Å². The number of thiazole rings is 1. The predicted octanol–water partition coefficient (Wildman–Crippen LogP) is 3.34. The van der Waals surface area contributed by atoms with Crippen LogP contribution >= 0.6 is 35.3 Å². The number of guanidine groups is 1. The molecule has 2 N–H and O–H groups in total. The summed E-state index contributed by atoms with van der Waals surface area (Å²) in [5.41, 5.74) is 1.14. The van der Waals surface area contributed by atoms with Gasteiger partial charge in [0.1, 0.15) is 5.01 Å². The molecule has 26 heavy (non-hydrogen) atoms. The molecule has 0 bridgehead atoms. The Kier molecular flexibility index (Phi) is 10.4. The van der Waals surface area contributed by atoms with Crippen LogP contribution in [0.3, 0.4) is 0 Å². The Balaban J connectivity index is 0.00000338. The number of likely N-dealkylation sites (tertiary alicyclic amines) is 1. The lowest BCUT2D eigenvalue weighted by molar-refractivity contribution is -0.129. The first-order chi connectivity index (χ1) is 12.0. The Morgan fingerprint density at radius 2 is 2.19 bits per heavy atom. The van der Waals surface area contributed by atoms with Crippen molar-refractivity contribution in [3.63, 3.8) is 0 Å². The van der Waals surface area contributed by atoms with Gasteiger partial charge in [0.05, 0.1) is 12.2 Å². The molecule has 1 saturated heterocycles. The van der Waals surface area contributed by atoms with E-state index in [-0.39, 0.29) is 24.0 Å². The molecule has 1 aliphatic rings. The zero-order valence-electron chi connectivity index (χ0n) is 16.2. The summed E-state index contributed by atoms with van der Waals surface area (Å²) in [5, 5.41) is 9.86. The first kappa shape index (κ1) is 23.1. The zero-order chi connectivity index (χ0) is 18.2. The van der Waals surface area contributed by atoms with Crippen LogP contribution in [0.1, 0.15) is 63.1 Å². The molecule has 0 radical (unpaired) electrons. The van der Waals surface area contributed by atoms with Gasteiger partial charge in [0.25, 0.3) is 0 Å². The minimum atomic E-state index is 0. The van der Waals surface area contributed by atoms with Gasteiger partial charge in [-0.25, -0.2) is 4.98 Å². The first-order valence-electron chi connectivity index (χ1n) is 9.23. The highest BCUT2D eigenvalue weighted by Crippen LogP contribution is 2.18. The number of nitrogens with zero attached hydrogens (tertiary/aromatic N) is 3. The van der Waals surface area contributed by atoms with E-state index in [2.05, 4.69) is 46.8 Å². The largest absolute Gasteiger partial charge is 0.356 e. The van der Waals surface area contributed by atoms with Gasteiger partial charge in [-0.15, -0.1) is 35.3 Å². The quantitative estimate of drug-likeness (QED) is 0.331. The van der Waals surface area contributed by atoms with Gasteiger partial charge in [0.15, 0.2) is 5.96 Å². The summed E-state index contributed by atoms with van der Waals surface area (Å²) in [5.74, 6) is 1.55. The molecular weight excluding hydrogens is 461 g/mol. The van der Waals surface area contributed by atoms with Crippen LogP contribution < -0.4 is 10.6 Å². The van der Waals surface area contributed by atoms with E-state index >= 15 is 0 Å². The monoisotopic (exact) mass is 493 g/mol. The normalized spacial score (nSPS) is 16.0.